The van der Waals surface area contributed by atoms with E-state index >= 15 is 0 Å². The number of hydrogen-bond donors (Lipinski definition) is 5. The Balaban J connectivity index is 2.35. The zero-order valence-corrected chi connectivity index (χ0v) is 11.1. The van der Waals surface area contributed by atoms with E-state index in [1.54, 1.807) is 0 Å². The van der Waals surface area contributed by atoms with Gasteiger partial charge in [-0.25, -0.2) is 0 Å². The van der Waals surface area contributed by atoms with Crippen molar-refractivity contribution in [1.82, 2.24) is 0 Å². The highest BCUT2D eigenvalue weighted by molar-refractivity contribution is 7.80. The molecule has 1 saturated heterocycles. The molecule has 0 unspecified atom stereocenters. The summed E-state index contributed by atoms with van der Waals surface area (Å²) in [4.78, 5) is 0. The molecule has 6 nitrogen and oxygen atoms in total. The van der Waals surface area contributed by atoms with Crippen molar-refractivity contribution in [3.05, 3.63) is 0 Å². The number of rotatable bonds is 7. The van der Waals surface area contributed by atoms with Crippen LogP contribution in [0.25, 0.3) is 0 Å². The fourth-order valence-corrected chi connectivity index (χ4v) is 2.02. The zero-order chi connectivity index (χ0) is 13.5. The van der Waals surface area contributed by atoms with E-state index in [0.29, 0.717) is 6.61 Å². The van der Waals surface area contributed by atoms with E-state index in [2.05, 4.69) is 12.6 Å². The number of ether oxygens (including phenoxy) is 2. The van der Waals surface area contributed by atoms with E-state index in [1.165, 1.54) is 0 Å². The van der Waals surface area contributed by atoms with Crippen molar-refractivity contribution in [2.24, 2.45) is 0 Å². The number of aliphatic hydroxyl groups excluding tert-OH is 4. The van der Waals surface area contributed by atoms with Crippen LogP contribution in [0.15, 0.2) is 0 Å². The molecule has 1 rings (SSSR count). The summed E-state index contributed by atoms with van der Waals surface area (Å²) in [5.41, 5.74) is 0. The lowest BCUT2D eigenvalue weighted by molar-refractivity contribution is -0.301. The molecule has 0 saturated carbocycles. The van der Waals surface area contributed by atoms with Gasteiger partial charge in [-0.3, -0.25) is 0 Å². The molecular formula is C11H22O6S. The minimum atomic E-state index is -1.38. The monoisotopic (exact) mass is 282 g/mol. The highest BCUT2D eigenvalue weighted by Crippen LogP contribution is 2.22. The van der Waals surface area contributed by atoms with Crippen LogP contribution in [-0.4, -0.2) is 70.1 Å². The molecule has 5 atom stereocenters. The number of aliphatic hydroxyl groups is 4. The van der Waals surface area contributed by atoms with Crippen LogP contribution in [0.2, 0.25) is 0 Å². The van der Waals surface area contributed by atoms with Crippen molar-refractivity contribution in [1.29, 1.82) is 0 Å². The number of hydrogen-bond acceptors (Lipinski definition) is 7. The second kappa shape index (κ2) is 8.31. The summed E-state index contributed by atoms with van der Waals surface area (Å²) in [7, 11) is 0. The molecule has 7 heteroatoms. The van der Waals surface area contributed by atoms with Gasteiger partial charge >= 0.3 is 0 Å². The van der Waals surface area contributed by atoms with Crippen LogP contribution in [0.5, 0.6) is 0 Å². The molecule has 0 spiro atoms. The minimum absolute atomic E-state index is 0.385. The molecule has 0 aromatic heterocycles. The Bertz CT molecular complexity index is 228. The van der Waals surface area contributed by atoms with E-state index in [1.807, 2.05) is 0 Å². The topological polar surface area (TPSA) is 99.4 Å². The Morgan fingerprint density at radius 1 is 1.00 bits per heavy atom. The SMILES string of the molecule is OC[C@H]1O[C@@H](OCCCCCS)[C@H](O)[C@@H](O)[C@@H]1O. The molecule has 18 heavy (non-hydrogen) atoms. The van der Waals surface area contributed by atoms with Crippen LogP contribution in [-0.2, 0) is 9.47 Å². The third kappa shape index (κ3) is 4.34. The van der Waals surface area contributed by atoms with Crippen LogP contribution in [0.3, 0.4) is 0 Å². The molecule has 1 fully saturated rings. The molecule has 4 N–H and O–H groups in total. The van der Waals surface area contributed by atoms with Crippen molar-refractivity contribution < 1.29 is 29.9 Å². The van der Waals surface area contributed by atoms with Crippen molar-refractivity contribution in [3.8, 4) is 0 Å². The molecule has 108 valence electrons. The maximum absolute atomic E-state index is 9.67. The first kappa shape index (κ1) is 16.2. The normalized spacial score (nSPS) is 36.8. The third-order valence-corrected chi connectivity index (χ3v) is 3.25. The highest BCUT2D eigenvalue weighted by Gasteiger charge is 2.43. The maximum atomic E-state index is 9.67. The summed E-state index contributed by atoms with van der Waals surface area (Å²) in [6.07, 6.45) is -3.21. The average molecular weight is 282 g/mol. The smallest absolute Gasteiger partial charge is 0.186 e. The Hall–Kier alpha value is 0.110. The van der Waals surface area contributed by atoms with Crippen molar-refractivity contribution in [2.45, 2.75) is 50.0 Å². The molecule has 1 aliphatic heterocycles. The first-order valence-corrected chi connectivity index (χ1v) is 6.78. The van der Waals surface area contributed by atoms with Gasteiger partial charge in [-0.15, -0.1) is 0 Å². The summed E-state index contributed by atoms with van der Waals surface area (Å²) >= 11 is 4.09. The molecule has 1 aliphatic rings. The molecule has 0 aromatic carbocycles. The van der Waals surface area contributed by atoms with Crippen molar-refractivity contribution in [2.75, 3.05) is 19.0 Å². The fourth-order valence-electron chi connectivity index (χ4n) is 1.80. The second-order valence-corrected chi connectivity index (χ2v) is 4.80. The second-order valence-electron chi connectivity index (χ2n) is 4.35. The van der Waals surface area contributed by atoms with Crippen molar-refractivity contribution in [3.63, 3.8) is 0 Å². The average Bonchev–Trinajstić information content (AvgIpc) is 2.38. The van der Waals surface area contributed by atoms with E-state index in [-0.39, 0.29) is 0 Å². The van der Waals surface area contributed by atoms with Crippen LogP contribution in [0.1, 0.15) is 19.3 Å². The minimum Gasteiger partial charge on any atom is -0.394 e. The Morgan fingerprint density at radius 2 is 1.72 bits per heavy atom. The lowest BCUT2D eigenvalue weighted by Crippen LogP contribution is -2.59. The lowest BCUT2D eigenvalue weighted by atomic mass is 9.99. The van der Waals surface area contributed by atoms with Gasteiger partial charge in [0.05, 0.1) is 6.61 Å². The van der Waals surface area contributed by atoms with E-state index < -0.39 is 37.3 Å². The maximum Gasteiger partial charge on any atom is 0.186 e. The fraction of sp³-hybridized carbons (Fsp3) is 1.00. The molecule has 0 amide bonds. The van der Waals surface area contributed by atoms with Gasteiger partial charge in [0.2, 0.25) is 0 Å². The molecule has 0 aliphatic carbocycles. The van der Waals surface area contributed by atoms with Gasteiger partial charge in [0, 0.05) is 6.61 Å². The van der Waals surface area contributed by atoms with E-state index in [4.69, 9.17) is 14.6 Å². The van der Waals surface area contributed by atoms with E-state index in [0.717, 1.165) is 25.0 Å². The highest BCUT2D eigenvalue weighted by atomic mass is 32.1. The molecular weight excluding hydrogens is 260 g/mol. The largest absolute Gasteiger partial charge is 0.394 e. The van der Waals surface area contributed by atoms with Gasteiger partial charge in [-0.05, 0) is 18.6 Å². The van der Waals surface area contributed by atoms with Gasteiger partial charge in [0.1, 0.15) is 24.4 Å². The standard InChI is InChI=1S/C11H22O6S/c12-6-7-8(13)9(14)10(15)11(17-7)16-4-2-1-3-5-18/h7-15,18H,1-6H2/t7-,8-,9+,10-,11-/m1/s1. The van der Waals surface area contributed by atoms with Crippen LogP contribution >= 0.6 is 12.6 Å². The molecule has 1 heterocycles. The zero-order valence-electron chi connectivity index (χ0n) is 10.2. The van der Waals surface area contributed by atoms with Gasteiger partial charge in [-0.2, -0.15) is 12.6 Å². The van der Waals surface area contributed by atoms with Gasteiger partial charge in [0.25, 0.3) is 0 Å². The number of thiol groups is 1. The first-order chi connectivity index (χ1) is 8.61. The predicted octanol–water partition coefficient (Wildman–Crippen LogP) is -1.10. The first-order valence-electron chi connectivity index (χ1n) is 6.14. The Kier molecular flexibility index (Phi) is 7.47. The summed E-state index contributed by atoms with van der Waals surface area (Å²) in [6.45, 7) is -0.0546. The lowest BCUT2D eigenvalue weighted by Gasteiger charge is -2.39. The quantitative estimate of drug-likeness (QED) is 0.300. The van der Waals surface area contributed by atoms with Crippen LogP contribution in [0.4, 0.5) is 0 Å². The van der Waals surface area contributed by atoms with Gasteiger partial charge < -0.3 is 29.9 Å². The Morgan fingerprint density at radius 3 is 2.33 bits per heavy atom. The van der Waals surface area contributed by atoms with Crippen LogP contribution < -0.4 is 0 Å². The van der Waals surface area contributed by atoms with Crippen molar-refractivity contribution >= 4 is 12.6 Å². The summed E-state index contributed by atoms with van der Waals surface area (Å²) < 4.78 is 10.5. The van der Waals surface area contributed by atoms with Crippen LogP contribution in [0, 0.1) is 0 Å². The molecule has 0 radical (unpaired) electrons. The molecule has 0 aromatic rings. The summed E-state index contributed by atoms with van der Waals surface area (Å²) in [5, 5.41) is 37.7. The van der Waals surface area contributed by atoms with E-state index in [9.17, 15) is 15.3 Å². The predicted molar refractivity (Wildman–Crippen MR) is 67.4 cm³/mol. The Labute approximate surface area is 112 Å². The van der Waals surface area contributed by atoms with Gasteiger partial charge in [-0.1, -0.05) is 6.42 Å². The summed E-state index contributed by atoms with van der Waals surface area (Å²) in [5.74, 6) is 0.819. The van der Waals surface area contributed by atoms with Gasteiger partial charge in [0.15, 0.2) is 6.29 Å². The third-order valence-electron chi connectivity index (χ3n) is 2.93. The summed E-state index contributed by atoms with van der Waals surface area (Å²) in [6, 6.07) is 0. The number of unbranched alkanes of at least 4 members (excludes halogenated alkanes) is 2. The molecule has 0 bridgehead atoms.